The lowest BCUT2D eigenvalue weighted by Crippen LogP contribution is -2.41. The molecule has 0 radical (unpaired) electrons. The Morgan fingerprint density at radius 2 is 2.00 bits per heavy atom. The molecule has 8 heteroatoms. The van der Waals surface area contributed by atoms with Crippen molar-refractivity contribution in [1.82, 2.24) is 10.2 Å². The summed E-state index contributed by atoms with van der Waals surface area (Å²) in [5.74, 6) is 0.711. The van der Waals surface area contributed by atoms with Crippen molar-refractivity contribution < 1.29 is 22.7 Å². The van der Waals surface area contributed by atoms with Gasteiger partial charge >= 0.3 is 0 Å². The van der Waals surface area contributed by atoms with Gasteiger partial charge in [0, 0.05) is 38.0 Å². The van der Waals surface area contributed by atoms with Crippen molar-refractivity contribution in [1.29, 1.82) is 0 Å². The molecule has 2 aliphatic rings. The number of carbonyl (C=O) groups excluding carboxylic acids is 1. The van der Waals surface area contributed by atoms with E-state index in [2.05, 4.69) is 5.32 Å². The molecule has 1 saturated heterocycles. The van der Waals surface area contributed by atoms with Crippen LogP contribution in [0.25, 0.3) is 0 Å². The summed E-state index contributed by atoms with van der Waals surface area (Å²) in [7, 11) is -1.70. The zero-order valence-electron chi connectivity index (χ0n) is 15.1. The van der Waals surface area contributed by atoms with Gasteiger partial charge in [0.2, 0.25) is 5.91 Å². The Morgan fingerprint density at radius 3 is 2.77 bits per heavy atom. The second kappa shape index (κ2) is 8.26. The molecular weight excluding hydrogens is 356 g/mol. The fraction of sp³-hybridized carbons (Fsp3) is 0.611. The lowest BCUT2D eigenvalue weighted by atomic mass is 10.2. The average molecular weight is 382 g/mol. The highest BCUT2D eigenvalue weighted by atomic mass is 32.2. The molecule has 1 aromatic rings. The summed E-state index contributed by atoms with van der Waals surface area (Å²) in [5, 5.41) is 3.09. The van der Waals surface area contributed by atoms with E-state index in [9.17, 15) is 13.2 Å². The molecule has 1 fully saturated rings. The zero-order chi connectivity index (χ0) is 18.6. The highest BCUT2D eigenvalue weighted by Gasteiger charge is 2.29. The van der Waals surface area contributed by atoms with Crippen molar-refractivity contribution in [3.05, 3.63) is 18.2 Å². The third-order valence-electron chi connectivity index (χ3n) is 4.80. The second-order valence-electron chi connectivity index (χ2n) is 6.67. The Morgan fingerprint density at radius 1 is 1.23 bits per heavy atom. The standard InChI is InChI=1S/C18H26N2O5S/c1-19-13-14-4-2-8-20(14)18(21)7-11-26(22,23)15-5-6-16-17(12-15)25-10-3-9-24-16/h5-6,12,14,19H,2-4,7-11,13H2,1H3. The third-order valence-corrected chi connectivity index (χ3v) is 6.51. The summed E-state index contributed by atoms with van der Waals surface area (Å²) in [5.41, 5.74) is 0. The average Bonchev–Trinajstić information content (AvgIpc) is 2.96. The van der Waals surface area contributed by atoms with Crippen LogP contribution in [0.5, 0.6) is 11.5 Å². The molecule has 7 nitrogen and oxygen atoms in total. The SMILES string of the molecule is CNCC1CCCN1C(=O)CCS(=O)(=O)c1ccc2c(c1)OCCCO2. The molecule has 3 rings (SSSR count). The molecule has 26 heavy (non-hydrogen) atoms. The summed E-state index contributed by atoms with van der Waals surface area (Å²) in [6.07, 6.45) is 2.68. The Kier molecular flexibility index (Phi) is 6.03. The molecule has 1 unspecified atom stereocenters. The van der Waals surface area contributed by atoms with Crippen molar-refractivity contribution in [3.63, 3.8) is 0 Å². The normalized spacial score (nSPS) is 20.0. The molecule has 1 aromatic carbocycles. The second-order valence-corrected chi connectivity index (χ2v) is 8.78. The summed E-state index contributed by atoms with van der Waals surface area (Å²) in [6, 6.07) is 4.81. The highest BCUT2D eigenvalue weighted by Crippen LogP contribution is 2.32. The first-order chi connectivity index (χ1) is 12.5. The predicted octanol–water partition coefficient (Wildman–Crippen LogP) is 1.22. The molecule has 2 aliphatic heterocycles. The summed E-state index contributed by atoms with van der Waals surface area (Å²) in [6.45, 7) is 2.49. The molecule has 0 saturated carbocycles. The van der Waals surface area contributed by atoms with Gasteiger partial charge in [-0.25, -0.2) is 8.42 Å². The number of hydrogen-bond acceptors (Lipinski definition) is 6. The van der Waals surface area contributed by atoms with E-state index in [1.165, 1.54) is 12.1 Å². The van der Waals surface area contributed by atoms with Gasteiger partial charge in [-0.2, -0.15) is 0 Å². The van der Waals surface area contributed by atoms with Gasteiger partial charge in [-0.3, -0.25) is 4.79 Å². The van der Waals surface area contributed by atoms with Crippen LogP contribution in [0, 0.1) is 0 Å². The van der Waals surface area contributed by atoms with Gasteiger partial charge in [-0.1, -0.05) is 0 Å². The van der Waals surface area contributed by atoms with E-state index in [1.807, 2.05) is 7.05 Å². The molecule has 0 aliphatic carbocycles. The maximum Gasteiger partial charge on any atom is 0.223 e. The van der Waals surface area contributed by atoms with Crippen LogP contribution in [0.1, 0.15) is 25.7 Å². The maximum absolute atomic E-state index is 12.7. The molecular formula is C18H26N2O5S. The van der Waals surface area contributed by atoms with Crippen molar-refractivity contribution in [3.8, 4) is 11.5 Å². The number of benzene rings is 1. The Balaban J connectivity index is 1.65. The highest BCUT2D eigenvalue weighted by molar-refractivity contribution is 7.91. The smallest absolute Gasteiger partial charge is 0.223 e. The van der Waals surface area contributed by atoms with Crippen LogP contribution in [0.4, 0.5) is 0 Å². The number of amides is 1. The number of nitrogens with one attached hydrogen (secondary N) is 1. The Labute approximate surface area is 154 Å². The Bertz CT molecular complexity index is 750. The van der Waals surface area contributed by atoms with Crippen LogP contribution in [0.3, 0.4) is 0 Å². The topological polar surface area (TPSA) is 84.9 Å². The minimum atomic E-state index is -3.56. The van der Waals surface area contributed by atoms with Crippen LogP contribution in [0.2, 0.25) is 0 Å². The first kappa shape index (κ1) is 19.0. The van der Waals surface area contributed by atoms with Crippen LogP contribution in [0.15, 0.2) is 23.1 Å². The van der Waals surface area contributed by atoms with Crippen molar-refractivity contribution in [2.45, 2.75) is 36.6 Å². The lowest BCUT2D eigenvalue weighted by Gasteiger charge is -2.24. The van der Waals surface area contributed by atoms with Gasteiger partial charge in [0.25, 0.3) is 0 Å². The number of carbonyl (C=O) groups is 1. The number of nitrogens with zero attached hydrogens (tertiary/aromatic N) is 1. The maximum atomic E-state index is 12.7. The number of ether oxygens (including phenoxy) is 2. The van der Waals surface area contributed by atoms with Gasteiger partial charge in [0.15, 0.2) is 21.3 Å². The van der Waals surface area contributed by atoms with E-state index >= 15 is 0 Å². The molecule has 1 atom stereocenters. The lowest BCUT2D eigenvalue weighted by molar-refractivity contribution is -0.131. The fourth-order valence-corrected chi connectivity index (χ4v) is 4.67. The van der Waals surface area contributed by atoms with Crippen LogP contribution >= 0.6 is 0 Å². The van der Waals surface area contributed by atoms with E-state index < -0.39 is 9.84 Å². The predicted molar refractivity (Wildman–Crippen MR) is 97.4 cm³/mol. The molecule has 0 aromatic heterocycles. The number of likely N-dealkylation sites (tertiary alicyclic amines) is 1. The third kappa shape index (κ3) is 4.29. The van der Waals surface area contributed by atoms with E-state index in [1.54, 1.807) is 11.0 Å². The van der Waals surface area contributed by atoms with Crippen LogP contribution in [-0.2, 0) is 14.6 Å². The van der Waals surface area contributed by atoms with Crippen LogP contribution < -0.4 is 14.8 Å². The van der Waals surface area contributed by atoms with Gasteiger partial charge in [0.1, 0.15) is 0 Å². The van der Waals surface area contributed by atoms with E-state index in [0.29, 0.717) is 31.3 Å². The molecule has 0 bridgehead atoms. The van der Waals surface area contributed by atoms with Crippen molar-refractivity contribution >= 4 is 15.7 Å². The van der Waals surface area contributed by atoms with Crippen molar-refractivity contribution in [2.24, 2.45) is 0 Å². The van der Waals surface area contributed by atoms with Gasteiger partial charge in [-0.15, -0.1) is 0 Å². The molecule has 2 heterocycles. The molecule has 0 spiro atoms. The summed E-state index contributed by atoms with van der Waals surface area (Å²) >= 11 is 0. The van der Waals surface area contributed by atoms with Crippen molar-refractivity contribution in [2.75, 3.05) is 39.1 Å². The van der Waals surface area contributed by atoms with Crippen LogP contribution in [-0.4, -0.2) is 64.4 Å². The fourth-order valence-electron chi connectivity index (χ4n) is 3.43. The number of sulfone groups is 1. The monoisotopic (exact) mass is 382 g/mol. The number of likely N-dealkylation sites (N-methyl/N-ethyl adjacent to an activating group) is 1. The van der Waals surface area contributed by atoms with Gasteiger partial charge in [-0.05, 0) is 32.0 Å². The van der Waals surface area contributed by atoms with Gasteiger partial charge in [0.05, 0.1) is 23.9 Å². The number of hydrogen-bond donors (Lipinski definition) is 1. The summed E-state index contributed by atoms with van der Waals surface area (Å²) in [4.78, 5) is 14.5. The molecule has 1 N–H and O–H groups in total. The first-order valence-corrected chi connectivity index (χ1v) is 10.7. The zero-order valence-corrected chi connectivity index (χ0v) is 15.9. The largest absolute Gasteiger partial charge is 0.490 e. The minimum Gasteiger partial charge on any atom is -0.490 e. The summed E-state index contributed by atoms with van der Waals surface area (Å²) < 4.78 is 36.4. The Hall–Kier alpha value is -1.80. The number of fused-ring (bicyclic) bond motifs is 1. The minimum absolute atomic E-state index is 0.00299. The molecule has 144 valence electrons. The quantitative estimate of drug-likeness (QED) is 0.796. The van der Waals surface area contributed by atoms with E-state index in [0.717, 1.165) is 25.8 Å². The van der Waals surface area contributed by atoms with E-state index in [4.69, 9.17) is 9.47 Å². The van der Waals surface area contributed by atoms with Gasteiger partial charge < -0.3 is 19.7 Å². The number of rotatable bonds is 6. The van der Waals surface area contributed by atoms with E-state index in [-0.39, 0.29) is 29.0 Å². The molecule has 1 amide bonds. The first-order valence-electron chi connectivity index (χ1n) is 9.08.